The summed E-state index contributed by atoms with van der Waals surface area (Å²) in [5.74, 6) is 0. The molecule has 4 atom stereocenters. The summed E-state index contributed by atoms with van der Waals surface area (Å²) in [5, 5.41) is 10.2. The third-order valence-electron chi connectivity index (χ3n) is 4.01. The first-order valence-corrected chi connectivity index (χ1v) is 9.28. The van der Waals surface area contributed by atoms with E-state index in [0.717, 1.165) is 6.42 Å². The van der Waals surface area contributed by atoms with E-state index in [9.17, 15) is 5.11 Å². The van der Waals surface area contributed by atoms with Gasteiger partial charge in [0.1, 0.15) is 14.0 Å². The Morgan fingerprint density at radius 3 is 2.24 bits per heavy atom. The number of aliphatic hydroxyl groups excluding tert-OH is 1. The largest absolute Gasteiger partial charge is 0.409 e. The average Bonchev–Trinajstić information content (AvgIpc) is 2.43. The molecule has 2 radical (unpaired) electrons. The first-order chi connectivity index (χ1) is 7.60. The van der Waals surface area contributed by atoms with Crippen LogP contribution in [0.1, 0.15) is 34.1 Å². The highest BCUT2D eigenvalue weighted by atomic mass is 28.4. The molecule has 0 amide bonds. The molecule has 5 heteroatoms. The minimum absolute atomic E-state index is 0.108. The van der Waals surface area contributed by atoms with Gasteiger partial charge >= 0.3 is 0 Å². The Balaban J connectivity index is 2.75. The topological polar surface area (TPSA) is 38.7 Å². The van der Waals surface area contributed by atoms with Crippen LogP contribution in [0, 0.1) is 0 Å². The molecule has 1 saturated heterocycles. The molecule has 0 spiro atoms. The molecular formula is C12H25BO3Si. The predicted octanol–water partition coefficient (Wildman–Crippen LogP) is 2.04. The number of hydrogen-bond acceptors (Lipinski definition) is 3. The maximum atomic E-state index is 10.1. The summed E-state index contributed by atoms with van der Waals surface area (Å²) in [5.41, 5.74) is 0. The van der Waals surface area contributed by atoms with Crippen LogP contribution in [0.4, 0.5) is 0 Å². The van der Waals surface area contributed by atoms with Crippen molar-refractivity contribution < 1.29 is 14.3 Å². The van der Waals surface area contributed by atoms with E-state index in [1.165, 1.54) is 0 Å². The molecule has 1 aliphatic heterocycles. The second-order valence-corrected chi connectivity index (χ2v) is 11.1. The van der Waals surface area contributed by atoms with Crippen LogP contribution in [0.2, 0.25) is 18.1 Å². The molecule has 1 aliphatic rings. The van der Waals surface area contributed by atoms with Gasteiger partial charge in [-0.1, -0.05) is 27.7 Å². The predicted molar refractivity (Wildman–Crippen MR) is 72.8 cm³/mol. The summed E-state index contributed by atoms with van der Waals surface area (Å²) >= 11 is 0. The fraction of sp³-hybridized carbons (Fsp3) is 1.00. The van der Waals surface area contributed by atoms with Crippen molar-refractivity contribution in [1.82, 2.24) is 0 Å². The quantitative estimate of drug-likeness (QED) is 0.785. The Morgan fingerprint density at radius 1 is 1.35 bits per heavy atom. The first kappa shape index (κ1) is 15.2. The molecule has 17 heavy (non-hydrogen) atoms. The summed E-state index contributed by atoms with van der Waals surface area (Å²) in [7, 11) is 3.98. The van der Waals surface area contributed by atoms with Gasteiger partial charge in [0.15, 0.2) is 8.32 Å². The van der Waals surface area contributed by atoms with Gasteiger partial charge in [-0.3, -0.25) is 0 Å². The van der Waals surface area contributed by atoms with Crippen molar-refractivity contribution in [3.8, 4) is 0 Å². The van der Waals surface area contributed by atoms with E-state index >= 15 is 0 Å². The molecule has 0 aliphatic carbocycles. The molecule has 1 N–H and O–H groups in total. The van der Waals surface area contributed by atoms with Crippen molar-refractivity contribution in [3.05, 3.63) is 0 Å². The van der Waals surface area contributed by atoms with Crippen LogP contribution < -0.4 is 0 Å². The van der Waals surface area contributed by atoms with Crippen LogP contribution in [-0.2, 0) is 9.16 Å². The number of hydrogen-bond donors (Lipinski definition) is 1. The Labute approximate surface area is 107 Å². The summed E-state index contributed by atoms with van der Waals surface area (Å²) in [6, 6.07) is -0.510. The lowest BCUT2D eigenvalue weighted by molar-refractivity contribution is 0.0231. The lowest BCUT2D eigenvalue weighted by Gasteiger charge is -2.39. The third kappa shape index (κ3) is 3.13. The van der Waals surface area contributed by atoms with Crippen molar-refractivity contribution in [2.24, 2.45) is 0 Å². The summed E-state index contributed by atoms with van der Waals surface area (Å²) in [6.07, 6.45) is -0.434. The van der Waals surface area contributed by atoms with E-state index in [1.807, 2.05) is 6.92 Å². The zero-order valence-corrected chi connectivity index (χ0v) is 12.9. The fourth-order valence-corrected chi connectivity index (χ4v) is 3.06. The van der Waals surface area contributed by atoms with Gasteiger partial charge in [-0.15, -0.1) is 0 Å². The molecular weight excluding hydrogens is 231 g/mol. The second-order valence-electron chi connectivity index (χ2n) is 6.38. The normalized spacial score (nSPS) is 35.2. The van der Waals surface area contributed by atoms with E-state index < -0.39 is 20.4 Å². The fourth-order valence-electron chi connectivity index (χ4n) is 1.76. The van der Waals surface area contributed by atoms with Gasteiger partial charge in [0, 0.05) is 6.00 Å². The third-order valence-corrected chi connectivity index (χ3v) is 8.49. The van der Waals surface area contributed by atoms with Crippen LogP contribution in [0.5, 0.6) is 0 Å². The molecule has 0 saturated carbocycles. The molecule has 0 aromatic rings. The van der Waals surface area contributed by atoms with Gasteiger partial charge in [-0.05, 0) is 24.6 Å². The van der Waals surface area contributed by atoms with Crippen molar-refractivity contribution in [2.45, 2.75) is 76.6 Å². The molecule has 1 unspecified atom stereocenters. The molecule has 1 fully saturated rings. The van der Waals surface area contributed by atoms with E-state index in [1.54, 1.807) is 0 Å². The van der Waals surface area contributed by atoms with Crippen LogP contribution in [0.15, 0.2) is 0 Å². The number of rotatable bonds is 3. The zero-order valence-electron chi connectivity index (χ0n) is 11.9. The Morgan fingerprint density at radius 2 is 1.88 bits per heavy atom. The highest BCUT2D eigenvalue weighted by Gasteiger charge is 2.47. The van der Waals surface area contributed by atoms with Crippen molar-refractivity contribution in [1.29, 1.82) is 0 Å². The molecule has 1 rings (SSSR count). The highest BCUT2D eigenvalue weighted by molar-refractivity contribution is 6.74. The van der Waals surface area contributed by atoms with Crippen molar-refractivity contribution in [2.75, 3.05) is 0 Å². The standard InChI is InChI=1S/C12H25BO3Si/c1-7-8-9(14)10(11(13)15-8)16-17(5,6)12(2,3)4/h8-11,14H,7H2,1-6H3/t8-,9?,10+,11-/m1/s1. The van der Waals surface area contributed by atoms with Crippen molar-refractivity contribution in [3.63, 3.8) is 0 Å². The average molecular weight is 256 g/mol. The SMILES string of the molecule is [B][C@@H]1O[C@H](CC)C(O)[C@@H]1O[Si](C)(C)C(C)(C)C. The van der Waals surface area contributed by atoms with Gasteiger partial charge < -0.3 is 14.3 Å². The first-order valence-electron chi connectivity index (χ1n) is 6.37. The van der Waals surface area contributed by atoms with E-state index in [0.29, 0.717) is 0 Å². The minimum Gasteiger partial charge on any atom is -0.409 e. The summed E-state index contributed by atoms with van der Waals surface area (Å²) in [4.78, 5) is 0. The van der Waals surface area contributed by atoms with Crippen LogP contribution in [0.25, 0.3) is 0 Å². The Hall–Kier alpha value is 0.162. The zero-order chi connectivity index (χ0) is 13.4. The van der Waals surface area contributed by atoms with E-state index in [4.69, 9.17) is 17.0 Å². The smallest absolute Gasteiger partial charge is 0.192 e. The van der Waals surface area contributed by atoms with Crippen LogP contribution >= 0.6 is 0 Å². The molecule has 0 aromatic heterocycles. The van der Waals surface area contributed by atoms with E-state index in [2.05, 4.69) is 33.9 Å². The maximum absolute atomic E-state index is 10.1. The number of aliphatic hydroxyl groups is 1. The minimum atomic E-state index is -1.92. The lowest BCUT2D eigenvalue weighted by Crippen LogP contribution is -2.49. The van der Waals surface area contributed by atoms with Gasteiger partial charge in [-0.25, -0.2) is 0 Å². The molecule has 1 heterocycles. The van der Waals surface area contributed by atoms with Crippen LogP contribution in [-0.4, -0.2) is 45.6 Å². The van der Waals surface area contributed by atoms with Gasteiger partial charge in [0.2, 0.25) is 0 Å². The molecule has 98 valence electrons. The summed E-state index contributed by atoms with van der Waals surface area (Å²) in [6.45, 7) is 12.8. The van der Waals surface area contributed by atoms with E-state index in [-0.39, 0.29) is 17.2 Å². The second kappa shape index (κ2) is 5.04. The maximum Gasteiger partial charge on any atom is 0.192 e. The molecule has 3 nitrogen and oxygen atoms in total. The molecule has 0 aromatic carbocycles. The number of ether oxygens (including phenoxy) is 1. The van der Waals surface area contributed by atoms with Gasteiger partial charge in [0.05, 0.1) is 12.2 Å². The summed E-state index contributed by atoms with van der Waals surface area (Å²) < 4.78 is 11.7. The Kier molecular flexibility index (Phi) is 4.51. The lowest BCUT2D eigenvalue weighted by atomic mass is 9.93. The molecule has 0 bridgehead atoms. The van der Waals surface area contributed by atoms with Crippen LogP contribution in [0.3, 0.4) is 0 Å². The highest BCUT2D eigenvalue weighted by Crippen LogP contribution is 2.39. The van der Waals surface area contributed by atoms with Crippen molar-refractivity contribution >= 4 is 16.2 Å². The van der Waals surface area contributed by atoms with Gasteiger partial charge in [0.25, 0.3) is 0 Å². The Bertz CT molecular complexity index is 265. The monoisotopic (exact) mass is 256 g/mol. The van der Waals surface area contributed by atoms with Gasteiger partial charge in [-0.2, -0.15) is 0 Å².